The van der Waals surface area contributed by atoms with Crippen molar-refractivity contribution in [3.8, 4) is 0 Å². The molecule has 0 aliphatic heterocycles. The van der Waals surface area contributed by atoms with E-state index in [9.17, 15) is 14.4 Å². The van der Waals surface area contributed by atoms with Gasteiger partial charge in [-0.2, -0.15) is 0 Å². The number of carbonyl (C=O) groups excluding carboxylic acids is 3. The number of amides is 1. The van der Waals surface area contributed by atoms with Crippen molar-refractivity contribution in [2.75, 3.05) is 54.1 Å². The Labute approximate surface area is 175 Å². The Kier molecular flexibility index (Phi) is 17.8. The third-order valence-electron chi connectivity index (χ3n) is 4.83. The number of unbranched alkanes of at least 4 members (excludes halogenated alkanes) is 1. The zero-order valence-electron chi connectivity index (χ0n) is 18.5. The van der Waals surface area contributed by atoms with Crippen molar-refractivity contribution >= 4 is 17.5 Å². The van der Waals surface area contributed by atoms with E-state index in [4.69, 9.17) is 15.2 Å². The highest BCUT2D eigenvalue weighted by atomic mass is 16.5. The Morgan fingerprint density at radius 1 is 0.862 bits per heavy atom. The minimum absolute atomic E-state index is 0.0566. The summed E-state index contributed by atoms with van der Waals surface area (Å²) in [5, 5.41) is 3.07. The largest absolute Gasteiger partial charge is 0.385 e. The molecule has 0 aromatic rings. The van der Waals surface area contributed by atoms with Gasteiger partial charge in [-0.3, -0.25) is 14.4 Å². The first-order valence-corrected chi connectivity index (χ1v) is 10.7. The minimum Gasteiger partial charge on any atom is -0.385 e. The van der Waals surface area contributed by atoms with Crippen molar-refractivity contribution < 1.29 is 23.9 Å². The number of ketones is 2. The summed E-state index contributed by atoms with van der Waals surface area (Å²) in [6.45, 7) is 2.37. The number of nitrogens with two attached hydrogens (primary N) is 1. The fourth-order valence-electron chi connectivity index (χ4n) is 3.03. The molecule has 0 heterocycles. The molecule has 0 saturated heterocycles. The van der Waals surface area contributed by atoms with E-state index in [1.807, 2.05) is 0 Å². The number of hydrogen-bond donors (Lipinski definition) is 2. The van der Waals surface area contributed by atoms with Crippen LogP contribution in [0.3, 0.4) is 0 Å². The van der Waals surface area contributed by atoms with E-state index < -0.39 is 0 Å². The van der Waals surface area contributed by atoms with Gasteiger partial charge in [0.25, 0.3) is 0 Å². The molecular weight excluding hydrogens is 374 g/mol. The van der Waals surface area contributed by atoms with Crippen molar-refractivity contribution in [2.24, 2.45) is 5.73 Å². The van der Waals surface area contributed by atoms with Gasteiger partial charge in [0.15, 0.2) is 0 Å². The van der Waals surface area contributed by atoms with E-state index in [-0.39, 0.29) is 23.5 Å². The van der Waals surface area contributed by atoms with E-state index in [1.54, 1.807) is 26.2 Å². The molecule has 0 aliphatic rings. The van der Waals surface area contributed by atoms with Crippen LogP contribution >= 0.6 is 0 Å². The number of nitrogens with zero attached hydrogens (tertiary/aromatic N) is 1. The fourth-order valence-corrected chi connectivity index (χ4v) is 3.03. The Morgan fingerprint density at radius 2 is 1.38 bits per heavy atom. The minimum atomic E-state index is -0.325. The van der Waals surface area contributed by atoms with Crippen LogP contribution in [0.25, 0.3) is 0 Å². The zero-order chi connectivity index (χ0) is 21.9. The average Bonchev–Trinajstić information content (AvgIpc) is 2.71. The van der Waals surface area contributed by atoms with Crippen LogP contribution in [0.1, 0.15) is 57.8 Å². The molecule has 0 radical (unpaired) electrons. The lowest BCUT2D eigenvalue weighted by Gasteiger charge is -2.27. The van der Waals surface area contributed by atoms with Crippen LogP contribution in [0.2, 0.25) is 0 Å². The van der Waals surface area contributed by atoms with Crippen LogP contribution in [-0.4, -0.2) is 82.5 Å². The Hall–Kier alpha value is -1.35. The maximum absolute atomic E-state index is 13.0. The lowest BCUT2D eigenvalue weighted by molar-refractivity contribution is -0.134. The summed E-state index contributed by atoms with van der Waals surface area (Å²) in [6.07, 6.45) is 5.25. The van der Waals surface area contributed by atoms with Crippen LogP contribution in [0.15, 0.2) is 0 Å². The van der Waals surface area contributed by atoms with Crippen LogP contribution in [0.4, 0.5) is 0 Å². The number of hydrogen-bond acceptors (Lipinski definition) is 7. The van der Waals surface area contributed by atoms with Gasteiger partial charge in [0.05, 0.1) is 6.04 Å². The average molecular weight is 416 g/mol. The lowest BCUT2D eigenvalue weighted by Crippen LogP contribution is -2.46. The molecule has 0 aromatic heterocycles. The molecule has 1 atom stereocenters. The predicted octanol–water partition coefficient (Wildman–Crippen LogP) is 1.30. The number of carbonyl (C=O) groups is 3. The number of nitrogens with one attached hydrogen (secondary N) is 1. The van der Waals surface area contributed by atoms with Gasteiger partial charge in [-0.25, -0.2) is 0 Å². The summed E-state index contributed by atoms with van der Waals surface area (Å²) in [7, 11) is 4.98. The molecule has 0 fully saturated rings. The molecule has 0 aliphatic carbocycles. The van der Waals surface area contributed by atoms with Crippen LogP contribution in [0, 0.1) is 0 Å². The second kappa shape index (κ2) is 18.7. The van der Waals surface area contributed by atoms with Crippen molar-refractivity contribution in [3.05, 3.63) is 0 Å². The molecule has 170 valence electrons. The highest BCUT2D eigenvalue weighted by molar-refractivity contribution is 5.84. The van der Waals surface area contributed by atoms with E-state index in [0.717, 1.165) is 12.8 Å². The third-order valence-corrected chi connectivity index (χ3v) is 4.83. The smallest absolute Gasteiger partial charge is 0.239 e. The second-order valence-corrected chi connectivity index (χ2v) is 7.22. The summed E-state index contributed by atoms with van der Waals surface area (Å²) in [4.78, 5) is 38.9. The Morgan fingerprint density at radius 3 is 1.79 bits per heavy atom. The summed E-state index contributed by atoms with van der Waals surface area (Å²) in [5.41, 5.74) is 5.55. The molecule has 0 spiro atoms. The first-order valence-electron chi connectivity index (χ1n) is 10.7. The van der Waals surface area contributed by atoms with E-state index in [0.29, 0.717) is 77.8 Å². The quantitative estimate of drug-likeness (QED) is 0.288. The van der Waals surface area contributed by atoms with Gasteiger partial charge in [0.1, 0.15) is 11.6 Å². The monoisotopic (exact) mass is 415 g/mol. The number of methoxy groups -OCH3 is 2. The second-order valence-electron chi connectivity index (χ2n) is 7.22. The molecule has 1 unspecified atom stereocenters. The predicted molar refractivity (Wildman–Crippen MR) is 114 cm³/mol. The number of likely N-dealkylation sites (N-methyl/N-ethyl adjacent to an activating group) is 1. The van der Waals surface area contributed by atoms with Crippen LogP contribution in [0.5, 0.6) is 0 Å². The zero-order valence-corrected chi connectivity index (χ0v) is 18.5. The normalized spacial score (nSPS) is 12.0. The number of rotatable bonds is 20. The first-order chi connectivity index (χ1) is 14.0. The van der Waals surface area contributed by atoms with E-state index in [2.05, 4.69) is 5.32 Å². The molecule has 0 rings (SSSR count). The number of ether oxygens (including phenoxy) is 2. The van der Waals surface area contributed by atoms with Gasteiger partial charge in [0.2, 0.25) is 5.91 Å². The first kappa shape index (κ1) is 27.6. The van der Waals surface area contributed by atoms with Gasteiger partial charge >= 0.3 is 0 Å². The number of Topliss-reactive ketones (excluding diaryl/α,β-unsaturated/α-hetero) is 2. The summed E-state index contributed by atoms with van der Waals surface area (Å²) in [5.74, 6) is 0.157. The Bertz CT molecular complexity index is 434. The molecule has 0 bridgehead atoms. The Balaban J connectivity index is 4.76. The van der Waals surface area contributed by atoms with E-state index in [1.165, 1.54) is 0 Å². The SMILES string of the molecule is CNC(CCCCN)C(=O)N(CCC(=O)CCCOC)CCC(=O)CCCOC. The summed E-state index contributed by atoms with van der Waals surface area (Å²) >= 11 is 0. The molecular formula is C21H41N3O5. The van der Waals surface area contributed by atoms with Crippen LogP contribution < -0.4 is 11.1 Å². The standard InChI is InChI=1S/C21H41N3O5/c1-23-20(10-4-5-13-22)21(27)24(14-11-18(25)8-6-16-28-2)15-12-19(26)9-7-17-29-3/h20,23H,4-17,22H2,1-3H3. The topological polar surface area (TPSA) is 111 Å². The molecule has 29 heavy (non-hydrogen) atoms. The highest BCUT2D eigenvalue weighted by Gasteiger charge is 2.23. The molecule has 8 heteroatoms. The third kappa shape index (κ3) is 14.3. The van der Waals surface area contributed by atoms with Crippen molar-refractivity contribution in [1.82, 2.24) is 10.2 Å². The summed E-state index contributed by atoms with van der Waals surface area (Å²) < 4.78 is 9.95. The van der Waals surface area contributed by atoms with Crippen molar-refractivity contribution in [2.45, 2.75) is 63.8 Å². The maximum atomic E-state index is 13.0. The molecule has 0 aromatic carbocycles. The highest BCUT2D eigenvalue weighted by Crippen LogP contribution is 2.09. The maximum Gasteiger partial charge on any atom is 0.239 e. The van der Waals surface area contributed by atoms with Gasteiger partial charge in [-0.1, -0.05) is 6.42 Å². The molecule has 3 N–H and O–H groups in total. The van der Waals surface area contributed by atoms with Crippen molar-refractivity contribution in [3.63, 3.8) is 0 Å². The molecule has 1 amide bonds. The summed E-state index contributed by atoms with van der Waals surface area (Å²) in [6, 6.07) is -0.325. The van der Waals surface area contributed by atoms with Gasteiger partial charge in [-0.05, 0) is 39.3 Å². The lowest BCUT2D eigenvalue weighted by atomic mass is 10.1. The molecule has 8 nitrogen and oxygen atoms in total. The van der Waals surface area contributed by atoms with Gasteiger partial charge in [0, 0.05) is 66.2 Å². The van der Waals surface area contributed by atoms with Gasteiger partial charge in [-0.15, -0.1) is 0 Å². The fraction of sp³-hybridized carbons (Fsp3) is 0.857. The van der Waals surface area contributed by atoms with E-state index >= 15 is 0 Å². The van der Waals surface area contributed by atoms with Gasteiger partial charge < -0.3 is 25.4 Å². The molecule has 0 saturated carbocycles. The van der Waals surface area contributed by atoms with Crippen molar-refractivity contribution in [1.29, 1.82) is 0 Å². The van der Waals surface area contributed by atoms with Crippen LogP contribution in [-0.2, 0) is 23.9 Å².